The number of rotatable bonds is 4. The molecule has 1 N–H and O–H groups in total. The Morgan fingerprint density at radius 2 is 2.26 bits per heavy atom. The maximum absolute atomic E-state index is 11.5. The van der Waals surface area contributed by atoms with Gasteiger partial charge >= 0.3 is 5.97 Å². The number of esters is 1. The van der Waals surface area contributed by atoms with Gasteiger partial charge in [-0.3, -0.25) is 4.68 Å². The summed E-state index contributed by atoms with van der Waals surface area (Å²) in [7, 11) is 3.26. The summed E-state index contributed by atoms with van der Waals surface area (Å²) in [5.74, 6) is -0.335. The molecule has 5 heteroatoms. The number of nitrogens with one attached hydrogen (secondary N) is 1. The normalized spacial score (nSPS) is 11.9. The van der Waals surface area contributed by atoms with Crippen molar-refractivity contribution in [3.05, 3.63) is 47.8 Å². The van der Waals surface area contributed by atoms with E-state index < -0.39 is 0 Å². The van der Waals surface area contributed by atoms with E-state index in [0.29, 0.717) is 5.56 Å². The second-order valence-corrected chi connectivity index (χ2v) is 4.39. The summed E-state index contributed by atoms with van der Waals surface area (Å²) in [6, 6.07) is 7.36. The van der Waals surface area contributed by atoms with Crippen LogP contribution in [0.15, 0.2) is 36.7 Å². The van der Waals surface area contributed by atoms with E-state index in [0.717, 1.165) is 11.3 Å². The first-order chi connectivity index (χ1) is 9.10. The first kappa shape index (κ1) is 13.1. The Balaban J connectivity index is 2.12. The molecule has 1 atom stereocenters. The van der Waals surface area contributed by atoms with E-state index in [9.17, 15) is 4.79 Å². The van der Waals surface area contributed by atoms with Gasteiger partial charge < -0.3 is 10.1 Å². The molecule has 0 saturated heterocycles. The molecular weight excluding hydrogens is 242 g/mol. The van der Waals surface area contributed by atoms with E-state index in [1.54, 1.807) is 16.8 Å². The first-order valence-corrected chi connectivity index (χ1v) is 6.03. The maximum Gasteiger partial charge on any atom is 0.337 e. The highest BCUT2D eigenvalue weighted by Crippen LogP contribution is 2.19. The molecule has 1 heterocycles. The summed E-state index contributed by atoms with van der Waals surface area (Å²) in [4.78, 5) is 11.5. The average molecular weight is 259 g/mol. The monoisotopic (exact) mass is 259 g/mol. The molecule has 19 heavy (non-hydrogen) atoms. The fourth-order valence-corrected chi connectivity index (χ4v) is 1.85. The Hall–Kier alpha value is -2.30. The van der Waals surface area contributed by atoms with Crippen molar-refractivity contribution in [1.82, 2.24) is 9.78 Å². The predicted molar refractivity (Wildman–Crippen MR) is 73.0 cm³/mol. The quantitative estimate of drug-likeness (QED) is 0.856. The van der Waals surface area contributed by atoms with E-state index in [4.69, 9.17) is 4.74 Å². The summed E-state index contributed by atoms with van der Waals surface area (Å²) in [6.45, 7) is 2.04. The van der Waals surface area contributed by atoms with Crippen LogP contribution < -0.4 is 5.32 Å². The van der Waals surface area contributed by atoms with Crippen molar-refractivity contribution in [1.29, 1.82) is 0 Å². The molecule has 0 aliphatic carbocycles. The zero-order valence-electron chi connectivity index (χ0n) is 11.3. The third-order valence-corrected chi connectivity index (χ3v) is 2.89. The number of nitrogens with zero attached hydrogens (tertiary/aromatic N) is 2. The SMILES string of the molecule is COC(=O)c1cccc(NC(C)c2cnn(C)c2)c1. The topological polar surface area (TPSA) is 56.1 Å². The number of methoxy groups -OCH3 is 1. The van der Waals surface area contributed by atoms with Gasteiger partial charge in [-0.1, -0.05) is 6.07 Å². The van der Waals surface area contributed by atoms with Gasteiger partial charge in [-0.15, -0.1) is 0 Å². The molecule has 0 radical (unpaired) electrons. The van der Waals surface area contributed by atoms with E-state index in [-0.39, 0.29) is 12.0 Å². The highest BCUT2D eigenvalue weighted by Gasteiger charge is 2.09. The van der Waals surface area contributed by atoms with Crippen molar-refractivity contribution >= 4 is 11.7 Å². The number of hydrogen-bond acceptors (Lipinski definition) is 4. The van der Waals surface area contributed by atoms with Crippen molar-refractivity contribution in [2.45, 2.75) is 13.0 Å². The fraction of sp³-hybridized carbons (Fsp3) is 0.286. The largest absolute Gasteiger partial charge is 0.465 e. The molecule has 0 aliphatic rings. The van der Waals surface area contributed by atoms with Gasteiger partial charge in [-0.2, -0.15) is 5.10 Å². The lowest BCUT2D eigenvalue weighted by Crippen LogP contribution is -2.07. The standard InChI is InChI=1S/C14H17N3O2/c1-10(12-8-15-17(2)9-12)16-13-6-4-5-11(7-13)14(18)19-3/h4-10,16H,1-3H3. The highest BCUT2D eigenvalue weighted by atomic mass is 16.5. The van der Waals surface area contributed by atoms with E-state index in [1.165, 1.54) is 7.11 Å². The fourth-order valence-electron chi connectivity index (χ4n) is 1.85. The van der Waals surface area contributed by atoms with E-state index in [1.807, 2.05) is 38.5 Å². The molecule has 1 aromatic carbocycles. The summed E-state index contributed by atoms with van der Waals surface area (Å²) >= 11 is 0. The molecule has 0 aliphatic heterocycles. The van der Waals surface area contributed by atoms with Crippen LogP contribution >= 0.6 is 0 Å². The van der Waals surface area contributed by atoms with Gasteiger partial charge in [0.05, 0.1) is 24.9 Å². The van der Waals surface area contributed by atoms with Crippen molar-refractivity contribution in [2.75, 3.05) is 12.4 Å². The zero-order chi connectivity index (χ0) is 13.8. The zero-order valence-corrected chi connectivity index (χ0v) is 11.3. The molecule has 2 aromatic rings. The molecule has 0 fully saturated rings. The van der Waals surface area contributed by atoms with Gasteiger partial charge in [0.25, 0.3) is 0 Å². The van der Waals surface area contributed by atoms with Gasteiger partial charge in [0.15, 0.2) is 0 Å². The van der Waals surface area contributed by atoms with Crippen LogP contribution in [0.3, 0.4) is 0 Å². The molecule has 0 saturated carbocycles. The van der Waals surface area contributed by atoms with Gasteiger partial charge in [-0.25, -0.2) is 4.79 Å². The molecule has 2 rings (SSSR count). The summed E-state index contributed by atoms with van der Waals surface area (Å²) < 4.78 is 6.47. The Kier molecular flexibility index (Phi) is 3.85. The highest BCUT2D eigenvalue weighted by molar-refractivity contribution is 5.90. The first-order valence-electron chi connectivity index (χ1n) is 6.03. The maximum atomic E-state index is 11.5. The van der Waals surface area contributed by atoms with E-state index >= 15 is 0 Å². The Morgan fingerprint density at radius 3 is 2.89 bits per heavy atom. The van der Waals surface area contributed by atoms with Crippen LogP contribution in [0.4, 0.5) is 5.69 Å². The summed E-state index contributed by atoms with van der Waals surface area (Å²) in [6.07, 6.45) is 3.78. The van der Waals surface area contributed by atoms with Crippen LogP contribution in [-0.4, -0.2) is 22.9 Å². The third kappa shape index (κ3) is 3.13. The number of carbonyl (C=O) groups is 1. The molecule has 0 spiro atoms. The summed E-state index contributed by atoms with van der Waals surface area (Å²) in [5.41, 5.74) is 2.50. The predicted octanol–water partition coefficient (Wildman–Crippen LogP) is 2.38. The average Bonchev–Trinajstić information content (AvgIpc) is 2.85. The van der Waals surface area contributed by atoms with Crippen molar-refractivity contribution in [3.63, 3.8) is 0 Å². The lowest BCUT2D eigenvalue weighted by molar-refractivity contribution is 0.0601. The van der Waals surface area contributed by atoms with Crippen molar-refractivity contribution < 1.29 is 9.53 Å². The van der Waals surface area contributed by atoms with Crippen LogP contribution in [0, 0.1) is 0 Å². The van der Waals surface area contributed by atoms with Gasteiger partial charge in [-0.05, 0) is 25.1 Å². The molecule has 100 valence electrons. The van der Waals surface area contributed by atoms with Gasteiger partial charge in [0.2, 0.25) is 0 Å². The molecule has 0 bridgehead atoms. The number of benzene rings is 1. The third-order valence-electron chi connectivity index (χ3n) is 2.89. The molecule has 1 aromatic heterocycles. The number of hydrogen-bond donors (Lipinski definition) is 1. The number of carbonyl (C=O) groups excluding carboxylic acids is 1. The Bertz CT molecular complexity index is 578. The Labute approximate surface area is 112 Å². The molecule has 5 nitrogen and oxygen atoms in total. The van der Waals surface area contributed by atoms with Crippen LogP contribution in [0.25, 0.3) is 0 Å². The lowest BCUT2D eigenvalue weighted by atomic mass is 10.1. The second-order valence-electron chi connectivity index (χ2n) is 4.39. The van der Waals surface area contributed by atoms with Crippen LogP contribution in [0.2, 0.25) is 0 Å². The second kappa shape index (κ2) is 5.56. The van der Waals surface area contributed by atoms with Crippen molar-refractivity contribution in [3.8, 4) is 0 Å². The number of anilines is 1. The number of aromatic nitrogens is 2. The number of aryl methyl sites for hydroxylation is 1. The molecule has 0 amide bonds. The van der Waals surface area contributed by atoms with Crippen molar-refractivity contribution in [2.24, 2.45) is 7.05 Å². The van der Waals surface area contributed by atoms with Crippen LogP contribution in [0.1, 0.15) is 28.9 Å². The smallest absolute Gasteiger partial charge is 0.337 e. The van der Waals surface area contributed by atoms with Gasteiger partial charge in [0, 0.05) is 24.5 Å². The van der Waals surface area contributed by atoms with Crippen LogP contribution in [-0.2, 0) is 11.8 Å². The Morgan fingerprint density at radius 1 is 1.47 bits per heavy atom. The van der Waals surface area contributed by atoms with E-state index in [2.05, 4.69) is 10.4 Å². The minimum atomic E-state index is -0.335. The molecule has 1 unspecified atom stereocenters. The summed E-state index contributed by atoms with van der Waals surface area (Å²) in [5, 5.41) is 7.47. The lowest BCUT2D eigenvalue weighted by Gasteiger charge is -2.14. The minimum Gasteiger partial charge on any atom is -0.465 e. The number of ether oxygens (including phenoxy) is 1. The molecular formula is C14H17N3O2. The van der Waals surface area contributed by atoms with Crippen LogP contribution in [0.5, 0.6) is 0 Å². The minimum absolute atomic E-state index is 0.113. The van der Waals surface area contributed by atoms with Gasteiger partial charge in [0.1, 0.15) is 0 Å².